The summed E-state index contributed by atoms with van der Waals surface area (Å²) in [7, 11) is 0. The first-order valence-corrected chi connectivity index (χ1v) is 14.4. The van der Waals surface area contributed by atoms with Crippen molar-refractivity contribution in [3.8, 4) is 0 Å². The zero-order valence-corrected chi connectivity index (χ0v) is 24.2. The van der Waals surface area contributed by atoms with Crippen molar-refractivity contribution in [3.63, 3.8) is 0 Å². The van der Waals surface area contributed by atoms with Gasteiger partial charge in [0.15, 0.2) is 0 Å². The number of rotatable bonds is 2. The number of thiocarbonyl (C=S) groups is 1. The molecule has 0 aromatic heterocycles. The molecule has 6 aromatic rings. The zero-order valence-electron chi connectivity index (χ0n) is 20.2. The van der Waals surface area contributed by atoms with E-state index in [-0.39, 0.29) is 0 Å². The lowest BCUT2D eigenvalue weighted by molar-refractivity contribution is 1.47. The summed E-state index contributed by atoms with van der Waals surface area (Å²) < 4.78 is 2.12. The minimum absolute atomic E-state index is 0.904. The summed E-state index contributed by atoms with van der Waals surface area (Å²) in [5.74, 6) is 0. The summed E-state index contributed by atoms with van der Waals surface area (Å²) in [6.45, 7) is 0. The van der Waals surface area contributed by atoms with Crippen LogP contribution < -0.4 is 0 Å². The zero-order chi connectivity index (χ0) is 25.8. The first kappa shape index (κ1) is 23.7. The second-order valence-corrected chi connectivity index (χ2v) is 11.8. The Balaban J connectivity index is 1.68. The molecule has 0 radical (unpaired) electrons. The molecule has 0 bridgehead atoms. The number of hydrogen-bond donors (Lipinski definition) is 0. The fraction of sp³-hybridized carbons (Fsp3) is 0. The smallest absolute Gasteiger partial charge is 0.0534 e. The van der Waals surface area contributed by atoms with Crippen LogP contribution in [0, 0.1) is 0 Å². The van der Waals surface area contributed by atoms with Crippen LogP contribution >= 0.6 is 44.1 Å². The number of halogens is 2. The highest BCUT2D eigenvalue weighted by atomic mass is 79.9. The predicted octanol–water partition coefficient (Wildman–Crippen LogP) is 10.6. The molecule has 0 heterocycles. The van der Waals surface area contributed by atoms with Gasteiger partial charge in [0, 0.05) is 20.1 Å². The van der Waals surface area contributed by atoms with Gasteiger partial charge in [-0.25, -0.2) is 0 Å². The van der Waals surface area contributed by atoms with Gasteiger partial charge < -0.3 is 0 Å². The monoisotopic (exact) mass is 630 g/mol. The molecule has 0 aliphatic heterocycles. The maximum Gasteiger partial charge on any atom is 0.0534 e. The van der Waals surface area contributed by atoms with E-state index in [1.165, 1.54) is 43.8 Å². The van der Waals surface area contributed by atoms with Crippen molar-refractivity contribution in [1.29, 1.82) is 0 Å². The Morgan fingerprint density at radius 1 is 0.447 bits per heavy atom. The second-order valence-electron chi connectivity index (χ2n) is 9.58. The van der Waals surface area contributed by atoms with Gasteiger partial charge >= 0.3 is 0 Å². The molecule has 0 spiro atoms. The number of fused-ring (bicyclic) bond motifs is 4. The standard InChI is InChI=1S/C35H20Br2S/c36-27-13-9-21(10-14-27)33(22-11-15-28(37)16-12-22)34-29-17-23-5-1-3-7-25(23)19-31(29)35(38)32-20-26-8-4-2-6-24(26)18-30(32)34/h1-20H. The fourth-order valence-electron chi connectivity index (χ4n) is 5.52. The molecule has 0 saturated heterocycles. The van der Waals surface area contributed by atoms with Crippen LogP contribution in [-0.4, -0.2) is 4.86 Å². The van der Waals surface area contributed by atoms with Crippen molar-refractivity contribution in [2.75, 3.05) is 0 Å². The van der Waals surface area contributed by atoms with Crippen LogP contribution in [0.1, 0.15) is 33.4 Å². The van der Waals surface area contributed by atoms with Gasteiger partial charge in [-0.2, -0.15) is 0 Å². The molecular weight excluding hydrogens is 612 g/mol. The summed E-state index contributed by atoms with van der Waals surface area (Å²) in [6, 6.07) is 43.5. The van der Waals surface area contributed by atoms with Gasteiger partial charge in [-0.1, -0.05) is 117 Å². The Bertz CT molecular complexity index is 1790. The van der Waals surface area contributed by atoms with E-state index in [0.29, 0.717) is 0 Å². The van der Waals surface area contributed by atoms with E-state index in [1.807, 2.05) is 0 Å². The molecule has 0 N–H and O–H groups in total. The van der Waals surface area contributed by atoms with Crippen molar-refractivity contribution < 1.29 is 0 Å². The highest BCUT2D eigenvalue weighted by Crippen LogP contribution is 2.45. The van der Waals surface area contributed by atoms with E-state index in [1.54, 1.807) is 0 Å². The first-order valence-electron chi connectivity index (χ1n) is 12.4. The van der Waals surface area contributed by atoms with Crippen LogP contribution in [-0.2, 0) is 0 Å². The van der Waals surface area contributed by atoms with E-state index in [0.717, 1.165) is 36.1 Å². The SMILES string of the molecule is S=C1c2cc3ccccc3cc2C(=C(c2ccc(Br)cc2)c2ccc(Br)cc2)c2cc3ccccc3cc21. The minimum atomic E-state index is 0.904. The second kappa shape index (κ2) is 9.43. The summed E-state index contributed by atoms with van der Waals surface area (Å²) in [5, 5.41) is 4.82. The van der Waals surface area contributed by atoms with Crippen molar-refractivity contribution in [3.05, 3.63) is 164 Å². The summed E-state index contributed by atoms with van der Waals surface area (Å²) in [6.07, 6.45) is 0. The largest absolute Gasteiger partial charge is 0.0787 e. The van der Waals surface area contributed by atoms with Crippen LogP contribution in [0.15, 0.2) is 130 Å². The lowest BCUT2D eigenvalue weighted by Crippen LogP contribution is -2.15. The molecule has 3 heteroatoms. The van der Waals surface area contributed by atoms with Crippen molar-refractivity contribution in [1.82, 2.24) is 0 Å². The molecule has 38 heavy (non-hydrogen) atoms. The van der Waals surface area contributed by atoms with Crippen LogP contribution in [0.5, 0.6) is 0 Å². The molecule has 0 atom stereocenters. The number of hydrogen-bond acceptors (Lipinski definition) is 1. The molecular formula is C35H20Br2S. The molecule has 0 amide bonds. The Morgan fingerprint density at radius 3 is 1.16 bits per heavy atom. The summed E-state index contributed by atoms with van der Waals surface area (Å²) in [4.78, 5) is 0.904. The summed E-state index contributed by atoms with van der Waals surface area (Å²) >= 11 is 13.5. The third-order valence-electron chi connectivity index (χ3n) is 7.32. The molecule has 6 aromatic carbocycles. The first-order chi connectivity index (χ1) is 18.6. The van der Waals surface area contributed by atoms with Gasteiger partial charge in [0.05, 0.1) is 4.86 Å². The molecule has 7 rings (SSSR count). The highest BCUT2D eigenvalue weighted by molar-refractivity contribution is 9.10. The van der Waals surface area contributed by atoms with Gasteiger partial charge in [0.25, 0.3) is 0 Å². The molecule has 180 valence electrons. The van der Waals surface area contributed by atoms with Crippen LogP contribution in [0.2, 0.25) is 0 Å². The highest BCUT2D eigenvalue weighted by Gasteiger charge is 2.29. The summed E-state index contributed by atoms with van der Waals surface area (Å²) in [5.41, 5.74) is 9.32. The van der Waals surface area contributed by atoms with Gasteiger partial charge in [-0.3, -0.25) is 0 Å². The topological polar surface area (TPSA) is 0 Å². The van der Waals surface area contributed by atoms with Crippen LogP contribution in [0.25, 0.3) is 32.7 Å². The average molecular weight is 632 g/mol. The molecule has 1 aliphatic rings. The van der Waals surface area contributed by atoms with Gasteiger partial charge in [-0.15, -0.1) is 0 Å². The minimum Gasteiger partial charge on any atom is -0.0787 e. The van der Waals surface area contributed by atoms with Crippen LogP contribution in [0.3, 0.4) is 0 Å². The third-order valence-corrected chi connectivity index (χ3v) is 8.81. The lowest BCUT2D eigenvalue weighted by Gasteiger charge is -2.28. The maximum atomic E-state index is 6.21. The predicted molar refractivity (Wildman–Crippen MR) is 172 cm³/mol. The molecule has 0 saturated carbocycles. The lowest BCUT2D eigenvalue weighted by atomic mass is 9.76. The molecule has 0 nitrogen and oxygen atoms in total. The number of benzene rings is 6. The van der Waals surface area contributed by atoms with Crippen molar-refractivity contribution >= 4 is 81.6 Å². The van der Waals surface area contributed by atoms with Gasteiger partial charge in [0.1, 0.15) is 0 Å². The average Bonchev–Trinajstić information content (AvgIpc) is 2.95. The van der Waals surface area contributed by atoms with E-state index in [9.17, 15) is 0 Å². The normalized spacial score (nSPS) is 12.5. The van der Waals surface area contributed by atoms with Crippen molar-refractivity contribution in [2.24, 2.45) is 0 Å². The Morgan fingerprint density at radius 2 is 0.789 bits per heavy atom. The maximum absolute atomic E-state index is 6.21. The van der Waals surface area contributed by atoms with Gasteiger partial charge in [0.2, 0.25) is 0 Å². The molecule has 1 aliphatic carbocycles. The Hall–Kier alpha value is -3.37. The Kier molecular flexibility index (Phi) is 5.89. The molecule has 0 unspecified atom stereocenters. The van der Waals surface area contributed by atoms with Crippen LogP contribution in [0.4, 0.5) is 0 Å². The Labute approximate surface area is 243 Å². The van der Waals surface area contributed by atoms with E-state index in [4.69, 9.17) is 12.2 Å². The van der Waals surface area contributed by atoms with Gasteiger partial charge in [-0.05, 0) is 103 Å². The fourth-order valence-corrected chi connectivity index (χ4v) is 6.38. The van der Waals surface area contributed by atoms with Crippen molar-refractivity contribution in [2.45, 2.75) is 0 Å². The van der Waals surface area contributed by atoms with E-state index in [2.05, 4.69) is 153 Å². The van der Waals surface area contributed by atoms with E-state index < -0.39 is 0 Å². The third kappa shape index (κ3) is 3.97. The molecule has 0 fully saturated rings. The quantitative estimate of drug-likeness (QED) is 0.171. The van der Waals surface area contributed by atoms with E-state index >= 15 is 0 Å².